The Labute approximate surface area is 174 Å². The van der Waals surface area contributed by atoms with Gasteiger partial charge in [0.25, 0.3) is 0 Å². The zero-order valence-electron chi connectivity index (χ0n) is 16.9. The van der Waals surface area contributed by atoms with Gasteiger partial charge in [0.2, 0.25) is 5.91 Å². The number of hydrogen-bond acceptors (Lipinski definition) is 6. The van der Waals surface area contributed by atoms with Crippen molar-refractivity contribution in [1.29, 1.82) is 0 Å². The van der Waals surface area contributed by atoms with Crippen molar-refractivity contribution in [2.24, 2.45) is 5.92 Å². The third-order valence-corrected chi connectivity index (χ3v) is 6.91. The van der Waals surface area contributed by atoms with Crippen molar-refractivity contribution < 1.29 is 14.1 Å². The van der Waals surface area contributed by atoms with Gasteiger partial charge in [0.05, 0.1) is 36.7 Å². The van der Waals surface area contributed by atoms with Crippen molar-refractivity contribution in [2.75, 3.05) is 26.3 Å². The van der Waals surface area contributed by atoms with Crippen LogP contribution in [0.25, 0.3) is 22.4 Å². The van der Waals surface area contributed by atoms with Gasteiger partial charge in [0, 0.05) is 42.6 Å². The van der Waals surface area contributed by atoms with E-state index in [0.717, 1.165) is 61.1 Å². The fraction of sp³-hybridized carbons (Fsp3) is 0.545. The largest absolute Gasteiger partial charge is 0.377 e. The molecule has 1 amide bonds. The van der Waals surface area contributed by atoms with Crippen LogP contribution < -0.4 is 0 Å². The first-order valence-corrected chi connectivity index (χ1v) is 10.9. The topological polar surface area (TPSA) is 86.3 Å². The van der Waals surface area contributed by atoms with Crippen LogP contribution in [0.5, 0.6) is 0 Å². The minimum absolute atomic E-state index is 0.279. The lowest BCUT2D eigenvalue weighted by molar-refractivity contribution is -0.139. The first kappa shape index (κ1) is 18.1. The van der Waals surface area contributed by atoms with E-state index in [1.54, 1.807) is 0 Å². The van der Waals surface area contributed by atoms with Crippen molar-refractivity contribution in [2.45, 2.75) is 44.1 Å². The molecule has 3 aromatic heterocycles. The number of pyridine rings is 1. The Morgan fingerprint density at radius 1 is 1.07 bits per heavy atom. The molecule has 0 N–H and O–H groups in total. The summed E-state index contributed by atoms with van der Waals surface area (Å²) in [5.74, 6) is 1.64. The summed E-state index contributed by atoms with van der Waals surface area (Å²) < 4.78 is 13.0. The van der Waals surface area contributed by atoms with Crippen LogP contribution in [0.4, 0.5) is 0 Å². The van der Waals surface area contributed by atoms with E-state index in [1.165, 1.54) is 6.42 Å². The Bertz CT molecular complexity index is 1070. The molecular formula is C22H25N5O3. The van der Waals surface area contributed by atoms with Crippen molar-refractivity contribution >= 4 is 16.8 Å². The van der Waals surface area contributed by atoms with E-state index in [2.05, 4.69) is 15.2 Å². The molecule has 2 saturated heterocycles. The second kappa shape index (κ2) is 7.19. The summed E-state index contributed by atoms with van der Waals surface area (Å²) in [6.07, 6.45) is 8.88. The Morgan fingerprint density at radius 3 is 2.60 bits per heavy atom. The zero-order valence-corrected chi connectivity index (χ0v) is 16.9. The molecule has 3 aromatic rings. The van der Waals surface area contributed by atoms with Crippen LogP contribution in [0.1, 0.15) is 49.8 Å². The van der Waals surface area contributed by atoms with Gasteiger partial charge in [-0.3, -0.25) is 14.5 Å². The van der Waals surface area contributed by atoms with Crippen LogP contribution in [0.15, 0.2) is 29.0 Å². The average Bonchev–Trinajstić information content (AvgIpc) is 3.33. The highest BCUT2D eigenvalue weighted by Gasteiger charge is 2.32. The summed E-state index contributed by atoms with van der Waals surface area (Å²) in [6, 6.07) is 4.32. The van der Waals surface area contributed by atoms with Crippen molar-refractivity contribution in [3.63, 3.8) is 0 Å². The molecule has 3 aliphatic rings. The van der Waals surface area contributed by atoms with Crippen LogP contribution in [0.2, 0.25) is 0 Å². The Balaban J connectivity index is 1.17. The number of rotatable bonds is 4. The van der Waals surface area contributed by atoms with Gasteiger partial charge < -0.3 is 14.2 Å². The number of likely N-dealkylation sites (tertiary alicyclic amines) is 1. The predicted octanol–water partition coefficient (Wildman–Crippen LogP) is 3.16. The SMILES string of the molecule is O=C(C1CCC1)N1CCC(c2cc(-c3cc4c(cn3)cnn4C3COC3)on2)CC1. The fourth-order valence-corrected chi connectivity index (χ4v) is 4.64. The lowest BCUT2D eigenvalue weighted by Gasteiger charge is -2.36. The molecule has 1 saturated carbocycles. The summed E-state index contributed by atoms with van der Waals surface area (Å²) >= 11 is 0. The molecule has 30 heavy (non-hydrogen) atoms. The first-order chi connectivity index (χ1) is 14.8. The predicted molar refractivity (Wildman–Crippen MR) is 109 cm³/mol. The number of piperidine rings is 1. The highest BCUT2D eigenvalue weighted by molar-refractivity contribution is 5.81. The monoisotopic (exact) mass is 407 g/mol. The highest BCUT2D eigenvalue weighted by Crippen LogP contribution is 2.34. The van der Waals surface area contributed by atoms with Gasteiger partial charge in [0.15, 0.2) is 5.76 Å². The lowest BCUT2D eigenvalue weighted by atomic mass is 9.83. The smallest absolute Gasteiger partial charge is 0.225 e. The first-order valence-electron chi connectivity index (χ1n) is 10.9. The Kier molecular flexibility index (Phi) is 4.33. The molecule has 8 nitrogen and oxygen atoms in total. The quantitative estimate of drug-likeness (QED) is 0.660. The maximum Gasteiger partial charge on any atom is 0.225 e. The standard InChI is InChI=1S/C22H25N5O3/c28-22(15-2-1-3-15)26-6-4-14(5-7-26)18-9-21(30-25-18)19-8-20-16(10-23-19)11-24-27(20)17-12-29-13-17/h8-11,14-15,17H,1-7,12-13H2. The molecule has 1 aliphatic carbocycles. The van der Waals surface area contributed by atoms with Gasteiger partial charge in [-0.05, 0) is 31.7 Å². The van der Waals surface area contributed by atoms with Crippen LogP contribution in [0, 0.1) is 5.92 Å². The van der Waals surface area contributed by atoms with E-state index in [9.17, 15) is 4.79 Å². The van der Waals surface area contributed by atoms with Crippen LogP contribution >= 0.6 is 0 Å². The maximum atomic E-state index is 12.5. The Hall–Kier alpha value is -2.74. The molecule has 3 fully saturated rings. The van der Waals surface area contributed by atoms with Gasteiger partial charge in [-0.25, -0.2) is 0 Å². The Morgan fingerprint density at radius 2 is 1.90 bits per heavy atom. The molecular weight excluding hydrogens is 382 g/mol. The van der Waals surface area contributed by atoms with Gasteiger partial charge >= 0.3 is 0 Å². The van der Waals surface area contributed by atoms with E-state index in [-0.39, 0.29) is 12.0 Å². The third kappa shape index (κ3) is 3.01. The minimum Gasteiger partial charge on any atom is -0.377 e. The van der Waals surface area contributed by atoms with E-state index >= 15 is 0 Å². The van der Waals surface area contributed by atoms with E-state index in [0.29, 0.717) is 30.8 Å². The van der Waals surface area contributed by atoms with Gasteiger partial charge in [-0.2, -0.15) is 5.10 Å². The molecule has 8 heteroatoms. The molecule has 6 rings (SSSR count). The summed E-state index contributed by atoms with van der Waals surface area (Å²) in [6.45, 7) is 3.02. The molecule has 0 bridgehead atoms. The number of ether oxygens (including phenoxy) is 1. The van der Waals surface area contributed by atoms with Crippen LogP contribution in [-0.4, -0.2) is 57.0 Å². The minimum atomic E-state index is 0.279. The fourth-order valence-electron chi connectivity index (χ4n) is 4.64. The van der Waals surface area contributed by atoms with Crippen LogP contribution in [-0.2, 0) is 9.53 Å². The van der Waals surface area contributed by atoms with E-state index < -0.39 is 0 Å². The molecule has 0 unspecified atom stereocenters. The third-order valence-electron chi connectivity index (χ3n) is 6.91. The highest BCUT2D eigenvalue weighted by atomic mass is 16.5. The molecule has 0 radical (unpaired) electrons. The van der Waals surface area contributed by atoms with Gasteiger partial charge in [-0.15, -0.1) is 0 Å². The molecule has 5 heterocycles. The van der Waals surface area contributed by atoms with Gasteiger partial charge in [0.1, 0.15) is 5.69 Å². The molecule has 0 atom stereocenters. The number of fused-ring (bicyclic) bond motifs is 1. The molecule has 0 spiro atoms. The van der Waals surface area contributed by atoms with Gasteiger partial charge in [-0.1, -0.05) is 11.6 Å². The number of nitrogens with zero attached hydrogens (tertiary/aromatic N) is 5. The van der Waals surface area contributed by atoms with Crippen molar-refractivity contribution in [3.05, 3.63) is 30.2 Å². The van der Waals surface area contributed by atoms with Crippen molar-refractivity contribution in [3.8, 4) is 11.5 Å². The number of hydrogen-bond donors (Lipinski definition) is 0. The average molecular weight is 407 g/mol. The number of amides is 1. The molecule has 0 aromatic carbocycles. The van der Waals surface area contributed by atoms with E-state index in [1.807, 2.05) is 34.1 Å². The summed E-state index contributed by atoms with van der Waals surface area (Å²) in [4.78, 5) is 19.1. The number of carbonyl (C=O) groups is 1. The lowest BCUT2D eigenvalue weighted by Crippen LogP contribution is -2.43. The molecule has 156 valence electrons. The zero-order chi connectivity index (χ0) is 20.1. The van der Waals surface area contributed by atoms with E-state index in [4.69, 9.17) is 9.26 Å². The normalized spacial score (nSPS) is 21.0. The van der Waals surface area contributed by atoms with Crippen LogP contribution in [0.3, 0.4) is 0 Å². The molecule has 2 aliphatic heterocycles. The number of aromatic nitrogens is 4. The van der Waals surface area contributed by atoms with Crippen molar-refractivity contribution in [1.82, 2.24) is 24.8 Å². The second-order valence-corrected chi connectivity index (χ2v) is 8.75. The summed E-state index contributed by atoms with van der Waals surface area (Å²) in [5, 5.41) is 9.84. The number of carbonyl (C=O) groups excluding carboxylic acids is 1. The maximum absolute atomic E-state index is 12.5. The summed E-state index contributed by atoms with van der Waals surface area (Å²) in [5.41, 5.74) is 2.76. The summed E-state index contributed by atoms with van der Waals surface area (Å²) in [7, 11) is 0. The second-order valence-electron chi connectivity index (χ2n) is 8.75.